The van der Waals surface area contributed by atoms with Crippen LogP contribution in [0.15, 0.2) is 24.3 Å². The summed E-state index contributed by atoms with van der Waals surface area (Å²) in [6.45, 7) is 11.6. The summed E-state index contributed by atoms with van der Waals surface area (Å²) in [6, 6.07) is 9.29. The molecule has 0 fully saturated rings. The fourth-order valence-corrected chi connectivity index (χ4v) is 4.74. The largest absolute Gasteiger partial charge is 0.133 e. The van der Waals surface area contributed by atoms with Crippen molar-refractivity contribution >= 4 is 9.24 Å². The lowest BCUT2D eigenvalue weighted by molar-refractivity contribution is 0.648. The fourth-order valence-electron chi connectivity index (χ4n) is 4.30. The Morgan fingerprint density at radius 3 is 1.81 bits per heavy atom. The van der Waals surface area contributed by atoms with Gasteiger partial charge in [0.05, 0.1) is 0 Å². The molecule has 0 N–H and O–H groups in total. The summed E-state index contributed by atoms with van der Waals surface area (Å²) >= 11 is 0. The number of benzene rings is 2. The van der Waals surface area contributed by atoms with Crippen LogP contribution < -0.4 is 0 Å². The van der Waals surface area contributed by atoms with Crippen molar-refractivity contribution in [1.29, 1.82) is 0 Å². The Kier molecular flexibility index (Phi) is 3.49. The summed E-state index contributed by atoms with van der Waals surface area (Å²) in [5.41, 5.74) is 12.0. The predicted molar refractivity (Wildman–Crippen MR) is 96.3 cm³/mol. The van der Waals surface area contributed by atoms with Gasteiger partial charge in [-0.1, -0.05) is 45.0 Å². The Bertz CT molecular complexity index is 662. The molecule has 0 spiro atoms. The minimum Gasteiger partial charge on any atom is -0.133 e. The second-order valence-electron chi connectivity index (χ2n) is 6.73. The van der Waals surface area contributed by atoms with Gasteiger partial charge in [0.15, 0.2) is 0 Å². The SMILES string of the molecule is CCc1ccc2c(c1C)C(C)(C)c1c-2ccc(CP)c1C. The van der Waals surface area contributed by atoms with E-state index in [0.29, 0.717) is 0 Å². The van der Waals surface area contributed by atoms with E-state index in [1.165, 1.54) is 38.9 Å². The summed E-state index contributed by atoms with van der Waals surface area (Å²) in [4.78, 5) is 0. The van der Waals surface area contributed by atoms with Gasteiger partial charge in [-0.3, -0.25) is 0 Å². The maximum Gasteiger partial charge on any atom is 0.0164 e. The highest BCUT2D eigenvalue weighted by atomic mass is 31.0. The molecule has 1 aliphatic rings. The molecule has 110 valence electrons. The molecule has 0 aromatic heterocycles. The summed E-state index contributed by atoms with van der Waals surface area (Å²) in [5.74, 6) is 0. The summed E-state index contributed by atoms with van der Waals surface area (Å²) in [5, 5.41) is 0. The van der Waals surface area contributed by atoms with E-state index in [1.807, 2.05) is 0 Å². The van der Waals surface area contributed by atoms with Gasteiger partial charge in [0.25, 0.3) is 0 Å². The maximum atomic E-state index is 2.86. The van der Waals surface area contributed by atoms with Gasteiger partial charge < -0.3 is 0 Å². The first-order valence-electron chi connectivity index (χ1n) is 7.89. The van der Waals surface area contributed by atoms with Crippen molar-refractivity contribution in [3.8, 4) is 11.1 Å². The second kappa shape index (κ2) is 4.96. The monoisotopic (exact) mass is 296 g/mol. The fraction of sp³-hybridized carbons (Fsp3) is 0.400. The topological polar surface area (TPSA) is 0 Å². The molecule has 1 aliphatic carbocycles. The molecule has 0 saturated heterocycles. The molecular formula is C20H25P. The highest BCUT2D eigenvalue weighted by Crippen LogP contribution is 2.52. The third kappa shape index (κ3) is 1.92. The van der Waals surface area contributed by atoms with Crippen molar-refractivity contribution < 1.29 is 0 Å². The van der Waals surface area contributed by atoms with Crippen molar-refractivity contribution in [2.24, 2.45) is 0 Å². The van der Waals surface area contributed by atoms with E-state index in [4.69, 9.17) is 0 Å². The minimum atomic E-state index is 0.111. The molecule has 0 amide bonds. The lowest BCUT2D eigenvalue weighted by Crippen LogP contribution is -2.19. The van der Waals surface area contributed by atoms with E-state index >= 15 is 0 Å². The first-order valence-corrected chi connectivity index (χ1v) is 8.71. The van der Waals surface area contributed by atoms with E-state index in [9.17, 15) is 0 Å². The average Bonchev–Trinajstić information content (AvgIpc) is 2.69. The van der Waals surface area contributed by atoms with Gasteiger partial charge in [0, 0.05) is 5.41 Å². The molecule has 2 aromatic carbocycles. The number of hydrogen-bond donors (Lipinski definition) is 0. The lowest BCUT2D eigenvalue weighted by atomic mass is 9.77. The Balaban J connectivity index is 2.37. The molecule has 1 heteroatoms. The Morgan fingerprint density at radius 2 is 1.33 bits per heavy atom. The minimum absolute atomic E-state index is 0.111. The Labute approximate surface area is 131 Å². The van der Waals surface area contributed by atoms with E-state index < -0.39 is 0 Å². The normalized spacial score (nSPS) is 15.0. The van der Waals surface area contributed by atoms with Crippen LogP contribution in [0.5, 0.6) is 0 Å². The van der Waals surface area contributed by atoms with Gasteiger partial charge in [-0.25, -0.2) is 0 Å². The number of aryl methyl sites for hydroxylation is 1. The molecule has 1 unspecified atom stereocenters. The van der Waals surface area contributed by atoms with Crippen LogP contribution in [0.4, 0.5) is 0 Å². The average molecular weight is 296 g/mol. The lowest BCUT2D eigenvalue weighted by Gasteiger charge is -2.26. The first-order chi connectivity index (χ1) is 9.93. The van der Waals surface area contributed by atoms with Gasteiger partial charge in [-0.05, 0) is 70.9 Å². The molecule has 2 aromatic rings. The van der Waals surface area contributed by atoms with Gasteiger partial charge >= 0.3 is 0 Å². The van der Waals surface area contributed by atoms with Crippen molar-refractivity contribution in [3.05, 3.63) is 57.6 Å². The highest BCUT2D eigenvalue weighted by Gasteiger charge is 2.38. The summed E-state index contributed by atoms with van der Waals surface area (Å²) in [6.07, 6.45) is 2.14. The van der Waals surface area contributed by atoms with E-state index in [2.05, 4.69) is 68.1 Å². The molecule has 0 radical (unpaired) electrons. The van der Waals surface area contributed by atoms with Crippen LogP contribution >= 0.6 is 9.24 Å². The Hall–Kier alpha value is -1.13. The molecule has 0 aliphatic heterocycles. The van der Waals surface area contributed by atoms with E-state index in [1.54, 1.807) is 5.56 Å². The van der Waals surface area contributed by atoms with Crippen molar-refractivity contribution in [2.45, 2.75) is 52.6 Å². The standard InChI is InChI=1S/C20H25P/c1-6-14-7-9-16-17-10-8-15(11-21)13(3)19(17)20(4,5)18(16)12(14)2/h7-10H,6,11,21H2,1-5H3. The molecule has 21 heavy (non-hydrogen) atoms. The molecular weight excluding hydrogens is 271 g/mol. The van der Waals surface area contributed by atoms with Gasteiger partial charge in [-0.2, -0.15) is 0 Å². The maximum absolute atomic E-state index is 2.86. The van der Waals surface area contributed by atoms with Gasteiger partial charge in [-0.15, -0.1) is 9.24 Å². The predicted octanol–water partition coefficient (Wildman–Crippen LogP) is 5.55. The zero-order chi connectivity index (χ0) is 15.4. The quantitative estimate of drug-likeness (QED) is 0.638. The van der Waals surface area contributed by atoms with Crippen molar-refractivity contribution in [2.75, 3.05) is 0 Å². The highest BCUT2D eigenvalue weighted by molar-refractivity contribution is 7.15. The van der Waals surface area contributed by atoms with Crippen LogP contribution in [0.1, 0.15) is 54.2 Å². The van der Waals surface area contributed by atoms with Crippen LogP contribution in [0.2, 0.25) is 0 Å². The van der Waals surface area contributed by atoms with Crippen LogP contribution in [0.3, 0.4) is 0 Å². The molecule has 0 bridgehead atoms. The zero-order valence-corrected chi connectivity index (χ0v) is 15.0. The second-order valence-corrected chi connectivity index (χ2v) is 7.14. The van der Waals surface area contributed by atoms with E-state index in [0.717, 1.165) is 12.6 Å². The Morgan fingerprint density at radius 1 is 0.857 bits per heavy atom. The summed E-state index contributed by atoms with van der Waals surface area (Å²) in [7, 11) is 2.86. The van der Waals surface area contributed by atoms with Crippen LogP contribution in [-0.4, -0.2) is 0 Å². The van der Waals surface area contributed by atoms with Gasteiger partial charge in [0.2, 0.25) is 0 Å². The van der Waals surface area contributed by atoms with Crippen LogP contribution in [0, 0.1) is 13.8 Å². The smallest absolute Gasteiger partial charge is 0.0164 e. The van der Waals surface area contributed by atoms with Crippen LogP contribution in [0.25, 0.3) is 11.1 Å². The molecule has 0 saturated carbocycles. The van der Waals surface area contributed by atoms with Crippen LogP contribution in [-0.2, 0) is 18.0 Å². The number of hydrogen-bond acceptors (Lipinski definition) is 0. The third-order valence-corrected chi connectivity index (χ3v) is 5.74. The first kappa shape index (κ1) is 14.8. The zero-order valence-electron chi connectivity index (χ0n) is 13.8. The molecule has 0 nitrogen and oxygen atoms in total. The third-order valence-electron chi connectivity index (χ3n) is 5.30. The molecule has 0 heterocycles. The van der Waals surface area contributed by atoms with Crippen molar-refractivity contribution in [1.82, 2.24) is 0 Å². The molecule has 1 atom stereocenters. The van der Waals surface area contributed by atoms with Gasteiger partial charge in [0.1, 0.15) is 0 Å². The van der Waals surface area contributed by atoms with E-state index in [-0.39, 0.29) is 5.41 Å². The summed E-state index contributed by atoms with van der Waals surface area (Å²) < 4.78 is 0. The molecule has 3 rings (SSSR count). The van der Waals surface area contributed by atoms with Crippen molar-refractivity contribution in [3.63, 3.8) is 0 Å². The number of rotatable bonds is 2. The number of fused-ring (bicyclic) bond motifs is 3.